The van der Waals surface area contributed by atoms with Crippen LogP contribution in [-0.4, -0.2) is 32.3 Å². The van der Waals surface area contributed by atoms with Crippen LogP contribution in [0.15, 0.2) is 54.9 Å². The van der Waals surface area contributed by atoms with Gasteiger partial charge in [0.15, 0.2) is 0 Å². The Hall–Kier alpha value is -4.61. The average Bonchev–Trinajstić information content (AvgIpc) is 3.21. The van der Waals surface area contributed by atoms with Gasteiger partial charge in [0.1, 0.15) is 11.9 Å². The molecule has 0 fully saturated rings. The van der Waals surface area contributed by atoms with Crippen LogP contribution in [0.1, 0.15) is 15.9 Å². The Morgan fingerprint density at radius 2 is 1.74 bits per heavy atom. The lowest BCUT2D eigenvalue weighted by Crippen LogP contribution is -2.31. The summed E-state index contributed by atoms with van der Waals surface area (Å²) in [4.78, 5) is 43.7. The van der Waals surface area contributed by atoms with Gasteiger partial charge < -0.3 is 4.90 Å². The molecule has 1 amide bonds. The van der Waals surface area contributed by atoms with Crippen molar-refractivity contribution in [3.63, 3.8) is 0 Å². The molecule has 31 heavy (non-hydrogen) atoms. The molecule has 4 rings (SSSR count). The fraction of sp³-hybridized carbons (Fsp3) is 0.105. The van der Waals surface area contributed by atoms with Crippen molar-refractivity contribution < 1.29 is 14.6 Å². The van der Waals surface area contributed by atoms with E-state index in [1.807, 2.05) is 24.3 Å². The minimum atomic E-state index is -0.840. The van der Waals surface area contributed by atoms with E-state index in [9.17, 15) is 25.0 Å². The predicted molar refractivity (Wildman–Crippen MR) is 110 cm³/mol. The van der Waals surface area contributed by atoms with Crippen LogP contribution < -0.4 is 15.8 Å². The van der Waals surface area contributed by atoms with Gasteiger partial charge in [-0.15, -0.1) is 0 Å². The van der Waals surface area contributed by atoms with Crippen LogP contribution in [0.4, 0.5) is 28.7 Å². The molecular weight excluding hydrogens is 406 g/mol. The fourth-order valence-electron chi connectivity index (χ4n) is 3.39. The second-order valence-corrected chi connectivity index (χ2v) is 6.54. The van der Waals surface area contributed by atoms with E-state index in [2.05, 4.69) is 20.8 Å². The first kappa shape index (κ1) is 19.7. The maximum Gasteiger partial charge on any atom is 0.355 e. The number of nitro benzene ring substituents is 1. The highest BCUT2D eigenvalue weighted by molar-refractivity contribution is 5.98. The van der Waals surface area contributed by atoms with Crippen LogP contribution in [0.2, 0.25) is 0 Å². The van der Waals surface area contributed by atoms with E-state index in [-0.39, 0.29) is 17.2 Å². The van der Waals surface area contributed by atoms with Crippen molar-refractivity contribution in [1.29, 1.82) is 0 Å². The Labute approximate surface area is 174 Å². The first-order chi connectivity index (χ1) is 15.0. The van der Waals surface area contributed by atoms with Gasteiger partial charge in [-0.25, -0.2) is 9.97 Å². The summed E-state index contributed by atoms with van der Waals surface area (Å²) in [6, 6.07) is 12.9. The molecule has 0 saturated carbocycles. The van der Waals surface area contributed by atoms with Gasteiger partial charge in [-0.2, -0.15) is 0 Å². The zero-order valence-corrected chi connectivity index (χ0v) is 15.9. The van der Waals surface area contributed by atoms with E-state index in [4.69, 9.17) is 0 Å². The number of amides is 1. The molecule has 0 atom stereocenters. The molecule has 3 aromatic rings. The Kier molecular flexibility index (Phi) is 5.10. The van der Waals surface area contributed by atoms with E-state index in [0.29, 0.717) is 13.0 Å². The molecule has 2 heterocycles. The van der Waals surface area contributed by atoms with Crippen LogP contribution in [-0.2, 0) is 6.42 Å². The molecule has 156 valence electrons. The zero-order chi connectivity index (χ0) is 22.0. The summed E-state index contributed by atoms with van der Waals surface area (Å²) in [5.41, 5.74) is 5.46. The van der Waals surface area contributed by atoms with Crippen LogP contribution in [0.5, 0.6) is 0 Å². The number of fused-ring (bicyclic) bond motifs is 1. The number of nitrogens with one attached hydrogen (secondary N) is 2. The standard InChI is InChI=1S/C19H15N7O5/c27-19(13-6-2-4-8-15(13)25(28)29)23-22-17-16(26(30)31)18(21-11-20-17)24-10-9-12-5-1-3-7-14(12)24/h1-8,11H,9-10H2,(H,23,27)(H,20,21,22). The number of benzene rings is 2. The van der Waals surface area contributed by atoms with Crippen molar-refractivity contribution in [3.05, 3.63) is 86.2 Å². The maximum atomic E-state index is 12.4. The third-order valence-corrected chi connectivity index (χ3v) is 4.77. The highest BCUT2D eigenvalue weighted by Gasteiger charge is 2.31. The first-order valence-electron chi connectivity index (χ1n) is 9.12. The second kappa shape index (κ2) is 8.02. The largest absolute Gasteiger partial charge is 0.355 e. The summed E-state index contributed by atoms with van der Waals surface area (Å²) in [6.07, 6.45) is 1.84. The molecular formula is C19H15N7O5. The molecule has 1 aliphatic heterocycles. The Morgan fingerprint density at radius 1 is 1.00 bits per heavy atom. The smallest absolute Gasteiger partial charge is 0.320 e. The molecule has 12 nitrogen and oxygen atoms in total. The van der Waals surface area contributed by atoms with Crippen molar-refractivity contribution in [3.8, 4) is 0 Å². The van der Waals surface area contributed by atoms with Gasteiger partial charge in [-0.1, -0.05) is 30.3 Å². The van der Waals surface area contributed by atoms with Crippen molar-refractivity contribution in [1.82, 2.24) is 15.4 Å². The minimum Gasteiger partial charge on any atom is -0.320 e. The van der Waals surface area contributed by atoms with Gasteiger partial charge >= 0.3 is 5.69 Å². The third-order valence-electron chi connectivity index (χ3n) is 4.77. The third kappa shape index (κ3) is 3.69. The molecule has 2 aromatic carbocycles. The molecule has 0 aliphatic carbocycles. The number of rotatable bonds is 6. The molecule has 0 spiro atoms. The number of nitro groups is 2. The second-order valence-electron chi connectivity index (χ2n) is 6.54. The number of hydrazine groups is 1. The zero-order valence-electron chi connectivity index (χ0n) is 15.9. The summed E-state index contributed by atoms with van der Waals surface area (Å²) in [7, 11) is 0. The van der Waals surface area contributed by atoms with E-state index in [0.717, 1.165) is 17.6 Å². The average molecular weight is 421 g/mol. The first-order valence-corrected chi connectivity index (χ1v) is 9.12. The summed E-state index contributed by atoms with van der Waals surface area (Å²) in [5, 5.41) is 23.0. The molecule has 1 aromatic heterocycles. The van der Waals surface area contributed by atoms with Gasteiger partial charge in [0.2, 0.25) is 11.6 Å². The fourth-order valence-corrected chi connectivity index (χ4v) is 3.39. The van der Waals surface area contributed by atoms with Crippen molar-refractivity contribution in [2.24, 2.45) is 0 Å². The molecule has 12 heteroatoms. The lowest BCUT2D eigenvalue weighted by molar-refractivity contribution is -0.385. The van der Waals surface area contributed by atoms with Crippen molar-refractivity contribution >= 4 is 34.6 Å². The minimum absolute atomic E-state index is 0.0763. The molecule has 1 aliphatic rings. The van der Waals surface area contributed by atoms with Gasteiger partial charge in [0.25, 0.3) is 11.6 Å². The highest BCUT2D eigenvalue weighted by Crippen LogP contribution is 2.39. The van der Waals surface area contributed by atoms with Gasteiger partial charge in [-0.3, -0.25) is 35.9 Å². The lowest BCUT2D eigenvalue weighted by atomic mass is 10.2. The summed E-state index contributed by atoms with van der Waals surface area (Å²) in [5.74, 6) is -1.01. The summed E-state index contributed by atoms with van der Waals surface area (Å²) < 4.78 is 0. The molecule has 0 bridgehead atoms. The van der Waals surface area contributed by atoms with E-state index < -0.39 is 27.1 Å². The van der Waals surface area contributed by atoms with Crippen LogP contribution in [0.3, 0.4) is 0 Å². The van der Waals surface area contributed by atoms with Gasteiger partial charge in [0.05, 0.1) is 9.85 Å². The van der Waals surface area contributed by atoms with Gasteiger partial charge in [-0.05, 0) is 24.1 Å². The summed E-state index contributed by atoms with van der Waals surface area (Å²) in [6.45, 7) is 0.499. The predicted octanol–water partition coefficient (Wildman–Crippen LogP) is 2.74. The van der Waals surface area contributed by atoms with E-state index >= 15 is 0 Å². The van der Waals surface area contributed by atoms with Gasteiger partial charge in [0, 0.05) is 18.3 Å². The number of hydrogen-bond donors (Lipinski definition) is 2. The Balaban J connectivity index is 1.63. The SMILES string of the molecule is O=C(NNc1ncnc(N2CCc3ccccc32)c1[N+](=O)[O-])c1ccccc1[N+](=O)[O-]. The lowest BCUT2D eigenvalue weighted by Gasteiger charge is -2.19. The van der Waals surface area contributed by atoms with Crippen LogP contribution in [0.25, 0.3) is 0 Å². The number of aromatic nitrogens is 2. The maximum absolute atomic E-state index is 12.4. The quantitative estimate of drug-likeness (QED) is 0.451. The molecule has 0 radical (unpaired) electrons. The Bertz CT molecular complexity index is 1200. The molecule has 2 N–H and O–H groups in total. The van der Waals surface area contributed by atoms with Crippen molar-refractivity contribution in [2.75, 3.05) is 16.9 Å². The van der Waals surface area contributed by atoms with E-state index in [1.165, 1.54) is 24.3 Å². The monoisotopic (exact) mass is 421 g/mol. The topological polar surface area (TPSA) is 156 Å². The van der Waals surface area contributed by atoms with Crippen LogP contribution in [0, 0.1) is 20.2 Å². The number of para-hydroxylation sites is 2. The Morgan fingerprint density at radius 3 is 2.52 bits per heavy atom. The molecule has 0 unspecified atom stereocenters. The molecule has 0 saturated heterocycles. The number of hydrogen-bond acceptors (Lipinski definition) is 9. The number of nitrogens with zero attached hydrogens (tertiary/aromatic N) is 5. The summed E-state index contributed by atoms with van der Waals surface area (Å²) >= 11 is 0. The highest BCUT2D eigenvalue weighted by atomic mass is 16.6. The van der Waals surface area contributed by atoms with Crippen LogP contribution >= 0.6 is 0 Å². The normalized spacial score (nSPS) is 12.2. The van der Waals surface area contributed by atoms with E-state index in [1.54, 1.807) is 4.90 Å². The number of carbonyl (C=O) groups excluding carboxylic acids is 1. The van der Waals surface area contributed by atoms with Crippen molar-refractivity contribution in [2.45, 2.75) is 6.42 Å². The number of carbonyl (C=O) groups is 1. The number of anilines is 3.